The predicted molar refractivity (Wildman–Crippen MR) is 179 cm³/mol. The van der Waals surface area contributed by atoms with Gasteiger partial charge in [-0.25, -0.2) is 4.79 Å². The van der Waals surface area contributed by atoms with E-state index in [4.69, 9.17) is 9.47 Å². The van der Waals surface area contributed by atoms with Crippen LogP contribution in [0.15, 0.2) is 60.5 Å². The monoisotopic (exact) mass is 637 g/mol. The van der Waals surface area contributed by atoms with Crippen molar-refractivity contribution in [1.29, 1.82) is 0 Å². The molecule has 2 fully saturated rings. The molecule has 9 nitrogen and oxygen atoms in total. The summed E-state index contributed by atoms with van der Waals surface area (Å²) in [6.45, 7) is 10.4. The van der Waals surface area contributed by atoms with E-state index in [1.165, 1.54) is 38.5 Å². The van der Waals surface area contributed by atoms with E-state index in [0.717, 1.165) is 24.2 Å². The van der Waals surface area contributed by atoms with Gasteiger partial charge in [-0.05, 0) is 62.8 Å². The van der Waals surface area contributed by atoms with Crippen LogP contribution in [0, 0.1) is 5.92 Å². The number of carbonyl (C=O) groups excluding carboxylic acids is 2. The molecule has 6 atom stereocenters. The van der Waals surface area contributed by atoms with Crippen LogP contribution in [-0.2, 0) is 14.3 Å². The highest BCUT2D eigenvalue weighted by molar-refractivity contribution is 5.70. The van der Waals surface area contributed by atoms with Gasteiger partial charge in [0.05, 0.1) is 12.5 Å². The van der Waals surface area contributed by atoms with Crippen LogP contribution in [0.2, 0.25) is 0 Å². The molecule has 46 heavy (non-hydrogen) atoms. The number of cyclic esters (lactones) is 1. The zero-order chi connectivity index (χ0) is 33.1. The molecule has 0 unspecified atom stereocenters. The molecule has 2 N–H and O–H groups in total. The number of carbonyl (C=O) groups is 2. The summed E-state index contributed by atoms with van der Waals surface area (Å²) in [5, 5.41) is 22.1. The molecule has 0 radical (unpaired) electrons. The van der Waals surface area contributed by atoms with Gasteiger partial charge in [0.2, 0.25) is 0 Å². The minimum atomic E-state index is -1.44. The molecule has 1 aromatic rings. The lowest BCUT2D eigenvalue weighted by Crippen LogP contribution is -2.53. The van der Waals surface area contributed by atoms with Crippen molar-refractivity contribution < 1.29 is 29.3 Å². The highest BCUT2D eigenvalue weighted by Gasteiger charge is 2.37. The predicted octanol–water partition coefficient (Wildman–Crippen LogP) is 5.93. The first kappa shape index (κ1) is 35.8. The molecular formula is C37H55N3O6. The average molecular weight is 638 g/mol. The van der Waals surface area contributed by atoms with Crippen LogP contribution in [0.5, 0.6) is 0 Å². The summed E-state index contributed by atoms with van der Waals surface area (Å²) in [5.74, 6) is -0.632. The van der Waals surface area contributed by atoms with Crippen molar-refractivity contribution in [3.8, 4) is 0 Å². The number of pyridine rings is 1. The number of esters is 1. The lowest BCUT2D eigenvalue weighted by molar-refractivity contribution is -0.151. The second-order valence-electron chi connectivity index (χ2n) is 13.8. The molecule has 1 aliphatic carbocycles. The molecule has 4 rings (SSSR count). The molecule has 0 spiro atoms. The Morgan fingerprint density at radius 2 is 1.85 bits per heavy atom. The van der Waals surface area contributed by atoms with Gasteiger partial charge in [0, 0.05) is 56.5 Å². The lowest BCUT2D eigenvalue weighted by atomic mass is 9.88. The van der Waals surface area contributed by atoms with Gasteiger partial charge in [-0.3, -0.25) is 14.7 Å². The summed E-state index contributed by atoms with van der Waals surface area (Å²) < 4.78 is 11.9. The number of nitrogens with zero attached hydrogens (tertiary/aromatic N) is 3. The van der Waals surface area contributed by atoms with E-state index in [2.05, 4.69) is 22.9 Å². The number of ether oxygens (including phenoxy) is 2. The van der Waals surface area contributed by atoms with Gasteiger partial charge in [0.25, 0.3) is 0 Å². The van der Waals surface area contributed by atoms with Gasteiger partial charge in [0.15, 0.2) is 6.10 Å². The van der Waals surface area contributed by atoms with E-state index in [0.29, 0.717) is 19.1 Å². The van der Waals surface area contributed by atoms with E-state index in [9.17, 15) is 19.8 Å². The molecule has 1 amide bonds. The number of rotatable bonds is 6. The highest BCUT2D eigenvalue weighted by Crippen LogP contribution is 2.28. The molecule has 254 valence electrons. The van der Waals surface area contributed by atoms with Crippen molar-refractivity contribution in [3.05, 3.63) is 66.0 Å². The number of aliphatic hydroxyl groups excluding tert-OH is 1. The van der Waals surface area contributed by atoms with Crippen LogP contribution in [0.1, 0.15) is 97.0 Å². The molecule has 1 saturated carbocycles. The molecule has 3 heterocycles. The standard InChI is InChI=1S/C37H55N3O6/c1-27(30-13-10-20-38-26-30)11-9-12-28(2)35-29(3)16-17-33(37(4,44)19-18-32(41)25-34(42)46-35)45-36(43)40-23-21-39(22-24-40)31-14-7-5-6-8-15-31/h9-13,16-17,20,26-27,29,31-33,35,41,44H,5-8,14-15,18-19,21-25H2,1-4H3/b11-9+,17-16+,28-12+/t27-,29-,32-,33-,35+,37-/m0/s1. The first-order valence-electron chi connectivity index (χ1n) is 17.3. The van der Waals surface area contributed by atoms with E-state index in [1.54, 1.807) is 24.1 Å². The maximum absolute atomic E-state index is 13.4. The molecule has 9 heteroatoms. The number of aromatic nitrogens is 1. The Morgan fingerprint density at radius 3 is 2.52 bits per heavy atom. The molecule has 0 bridgehead atoms. The summed E-state index contributed by atoms with van der Waals surface area (Å²) >= 11 is 0. The van der Waals surface area contributed by atoms with Gasteiger partial charge in [-0.1, -0.05) is 69.9 Å². The molecule has 1 saturated heterocycles. The van der Waals surface area contributed by atoms with Gasteiger partial charge in [0.1, 0.15) is 11.7 Å². The van der Waals surface area contributed by atoms with Crippen LogP contribution in [0.4, 0.5) is 4.79 Å². The minimum absolute atomic E-state index is 0.149. The Hall–Kier alpha value is -3.01. The topological polar surface area (TPSA) is 112 Å². The zero-order valence-electron chi connectivity index (χ0n) is 28.2. The average Bonchev–Trinajstić information content (AvgIpc) is 3.34. The smallest absolute Gasteiger partial charge is 0.410 e. The normalized spacial score (nSPS) is 31.3. The first-order chi connectivity index (χ1) is 22.0. The van der Waals surface area contributed by atoms with Gasteiger partial charge >= 0.3 is 12.1 Å². The fourth-order valence-corrected chi connectivity index (χ4v) is 6.75. The molecule has 2 aliphatic heterocycles. The van der Waals surface area contributed by atoms with Crippen molar-refractivity contribution >= 4 is 12.1 Å². The SMILES string of the molecule is C/C(=C\C=C\[C@H](C)c1cccnc1)[C@H]1OC(=O)C[C@@H](O)CC[C@](C)(O)[C@@H](OC(=O)N2CCN(C3CCCCCC3)CC2)/C=C/[C@@H]1C. The van der Waals surface area contributed by atoms with Gasteiger partial charge in [-0.2, -0.15) is 0 Å². The van der Waals surface area contributed by atoms with Crippen LogP contribution in [0.25, 0.3) is 0 Å². The van der Waals surface area contributed by atoms with Crippen molar-refractivity contribution in [2.24, 2.45) is 5.92 Å². The third kappa shape index (κ3) is 10.5. The second-order valence-corrected chi connectivity index (χ2v) is 13.8. The van der Waals surface area contributed by atoms with Crippen LogP contribution in [-0.4, -0.2) is 93.2 Å². The Morgan fingerprint density at radius 1 is 1.13 bits per heavy atom. The number of hydrogen-bond acceptors (Lipinski definition) is 8. The maximum atomic E-state index is 13.4. The third-order valence-corrected chi connectivity index (χ3v) is 9.88. The zero-order valence-corrected chi connectivity index (χ0v) is 28.2. The van der Waals surface area contributed by atoms with E-state index in [1.807, 2.05) is 50.4 Å². The molecular weight excluding hydrogens is 582 g/mol. The largest absolute Gasteiger partial charge is 0.457 e. The fourth-order valence-electron chi connectivity index (χ4n) is 6.75. The number of piperazine rings is 1. The first-order valence-corrected chi connectivity index (χ1v) is 17.3. The van der Waals surface area contributed by atoms with Gasteiger partial charge in [-0.15, -0.1) is 0 Å². The van der Waals surface area contributed by atoms with Gasteiger partial charge < -0.3 is 24.6 Å². The summed E-state index contributed by atoms with van der Waals surface area (Å²) in [5.41, 5.74) is 0.490. The number of hydrogen-bond donors (Lipinski definition) is 2. The highest BCUT2D eigenvalue weighted by atomic mass is 16.6. The Bertz CT molecular complexity index is 1200. The summed E-state index contributed by atoms with van der Waals surface area (Å²) in [7, 11) is 0. The molecule has 0 aromatic carbocycles. The van der Waals surface area contributed by atoms with E-state index >= 15 is 0 Å². The van der Waals surface area contributed by atoms with Crippen molar-refractivity contribution in [3.63, 3.8) is 0 Å². The lowest BCUT2D eigenvalue weighted by Gasteiger charge is -2.40. The van der Waals surface area contributed by atoms with Crippen molar-refractivity contribution in [2.75, 3.05) is 26.2 Å². The number of amides is 1. The Kier molecular flexibility index (Phi) is 13.4. The number of allylic oxidation sites excluding steroid dienone is 3. The Balaban J connectivity index is 1.45. The third-order valence-electron chi connectivity index (χ3n) is 9.88. The quantitative estimate of drug-likeness (QED) is 0.171. The van der Waals surface area contributed by atoms with Crippen LogP contribution in [0.3, 0.4) is 0 Å². The maximum Gasteiger partial charge on any atom is 0.410 e. The summed E-state index contributed by atoms with van der Waals surface area (Å²) in [6.07, 6.45) is 17.9. The van der Waals surface area contributed by atoms with Crippen molar-refractivity contribution in [1.82, 2.24) is 14.8 Å². The summed E-state index contributed by atoms with van der Waals surface area (Å²) in [6, 6.07) is 4.54. The van der Waals surface area contributed by atoms with E-state index in [-0.39, 0.29) is 31.1 Å². The number of aliphatic hydroxyl groups is 2. The molecule has 3 aliphatic rings. The fraction of sp³-hybridized carbons (Fsp3) is 0.649. The van der Waals surface area contributed by atoms with E-state index < -0.39 is 36.0 Å². The summed E-state index contributed by atoms with van der Waals surface area (Å²) in [4.78, 5) is 34.7. The van der Waals surface area contributed by atoms with Crippen LogP contribution >= 0.6 is 0 Å². The van der Waals surface area contributed by atoms with Crippen molar-refractivity contribution in [2.45, 2.75) is 121 Å². The Labute approximate surface area is 275 Å². The minimum Gasteiger partial charge on any atom is -0.457 e. The second kappa shape index (κ2) is 17.2. The molecule has 1 aromatic heterocycles. The van der Waals surface area contributed by atoms with Crippen LogP contribution < -0.4 is 0 Å².